The molecule has 0 aromatic heterocycles. The number of nitrogens with zero attached hydrogens (tertiary/aromatic N) is 2. The van der Waals surface area contributed by atoms with Gasteiger partial charge in [0.1, 0.15) is 11.5 Å². The van der Waals surface area contributed by atoms with Gasteiger partial charge >= 0.3 is 5.97 Å². The maximum Gasteiger partial charge on any atom is 0.308 e. The van der Waals surface area contributed by atoms with Crippen LogP contribution in [0.1, 0.15) is 29.7 Å². The Morgan fingerprint density at radius 2 is 1.72 bits per heavy atom. The highest BCUT2D eigenvalue weighted by molar-refractivity contribution is 6.51. The highest BCUT2D eigenvalue weighted by Gasteiger charge is 2.47. The number of hydrogen-bond donors (Lipinski definition) is 1. The van der Waals surface area contributed by atoms with Crippen LogP contribution in [0.15, 0.2) is 72.3 Å². The van der Waals surface area contributed by atoms with Crippen LogP contribution in [0.5, 0.6) is 17.2 Å². The zero-order chi connectivity index (χ0) is 25.4. The lowest BCUT2D eigenvalue weighted by atomic mass is 9.95. The van der Waals surface area contributed by atoms with E-state index in [0.29, 0.717) is 28.3 Å². The van der Waals surface area contributed by atoms with Crippen LogP contribution in [-0.4, -0.2) is 29.6 Å². The molecule has 2 aliphatic heterocycles. The molecular formula is C27H18N2O7. The molecule has 2 aliphatic rings. The molecule has 178 valence electrons. The normalized spacial score (nSPS) is 17.7. The Morgan fingerprint density at radius 1 is 1.03 bits per heavy atom. The van der Waals surface area contributed by atoms with Crippen LogP contribution in [0.3, 0.4) is 0 Å². The summed E-state index contributed by atoms with van der Waals surface area (Å²) in [5, 5.41) is 20.4. The maximum atomic E-state index is 13.3. The van der Waals surface area contributed by atoms with Crippen molar-refractivity contribution in [2.24, 2.45) is 0 Å². The predicted octanol–water partition coefficient (Wildman–Crippen LogP) is 3.84. The van der Waals surface area contributed by atoms with E-state index in [2.05, 4.69) is 0 Å². The van der Waals surface area contributed by atoms with Crippen molar-refractivity contribution in [1.82, 2.24) is 0 Å². The summed E-state index contributed by atoms with van der Waals surface area (Å²) in [6.07, 6.45) is 0. The Labute approximate surface area is 205 Å². The molecule has 9 nitrogen and oxygen atoms in total. The third-order valence-corrected chi connectivity index (χ3v) is 5.82. The number of carbonyl (C=O) groups is 3. The molecule has 1 amide bonds. The van der Waals surface area contributed by atoms with Gasteiger partial charge in [0.05, 0.1) is 23.2 Å². The first-order valence-electron chi connectivity index (χ1n) is 10.9. The first-order valence-corrected chi connectivity index (χ1v) is 10.9. The Kier molecular flexibility index (Phi) is 5.62. The molecule has 1 N–H and O–H groups in total. The van der Waals surface area contributed by atoms with Crippen molar-refractivity contribution >= 4 is 29.1 Å². The average Bonchev–Trinajstić information content (AvgIpc) is 3.46. The minimum Gasteiger partial charge on any atom is -0.507 e. The average molecular weight is 482 g/mol. The van der Waals surface area contributed by atoms with Crippen molar-refractivity contribution in [3.05, 3.63) is 89.0 Å². The van der Waals surface area contributed by atoms with E-state index >= 15 is 0 Å². The molecule has 0 radical (unpaired) electrons. The fraction of sp³-hybridized carbons (Fsp3) is 0.111. The third kappa shape index (κ3) is 3.91. The Bertz CT molecular complexity index is 1470. The Hall–Kier alpha value is -5.10. The molecule has 0 bridgehead atoms. The summed E-state index contributed by atoms with van der Waals surface area (Å²) in [6.45, 7) is 1.32. The predicted molar refractivity (Wildman–Crippen MR) is 126 cm³/mol. The van der Waals surface area contributed by atoms with Gasteiger partial charge in [-0.2, -0.15) is 5.26 Å². The van der Waals surface area contributed by atoms with Gasteiger partial charge in [-0.05, 0) is 60.2 Å². The van der Waals surface area contributed by atoms with E-state index in [0.717, 1.165) is 0 Å². The molecule has 0 saturated carbocycles. The SMILES string of the molecule is CC(=O)Oc1ccc(C2/C(=C(/O)c3ccc4c(c3)OCO4)C(=O)C(=O)N2c2ccc(C#N)cc2)cc1. The van der Waals surface area contributed by atoms with Gasteiger partial charge in [0.2, 0.25) is 6.79 Å². The molecule has 3 aromatic carbocycles. The van der Waals surface area contributed by atoms with Crippen molar-refractivity contribution < 1.29 is 33.7 Å². The van der Waals surface area contributed by atoms with Gasteiger partial charge in [-0.1, -0.05) is 12.1 Å². The number of nitriles is 1. The molecule has 5 rings (SSSR count). The lowest BCUT2D eigenvalue weighted by Gasteiger charge is -2.25. The van der Waals surface area contributed by atoms with Crippen LogP contribution < -0.4 is 19.1 Å². The summed E-state index contributed by atoms with van der Waals surface area (Å²) >= 11 is 0. The number of esters is 1. The molecular weight excluding hydrogens is 464 g/mol. The monoisotopic (exact) mass is 482 g/mol. The standard InChI is InChI=1S/C27H18N2O7/c1-15(30)36-20-9-4-17(5-10-20)24-23(25(31)18-6-11-21-22(12-18)35-14-34-21)26(32)27(33)29(24)19-7-2-16(13-28)3-8-19/h2-12,24,31H,14H2,1H3/b25-23-. The fourth-order valence-electron chi connectivity index (χ4n) is 4.19. The van der Waals surface area contributed by atoms with Crippen LogP contribution in [0.4, 0.5) is 5.69 Å². The minimum absolute atomic E-state index is 0.0390. The van der Waals surface area contributed by atoms with E-state index in [4.69, 9.17) is 19.5 Å². The van der Waals surface area contributed by atoms with E-state index in [1.807, 2.05) is 6.07 Å². The van der Waals surface area contributed by atoms with Crippen molar-refractivity contribution in [3.63, 3.8) is 0 Å². The maximum absolute atomic E-state index is 13.3. The van der Waals surface area contributed by atoms with Crippen LogP contribution >= 0.6 is 0 Å². The number of ether oxygens (including phenoxy) is 3. The molecule has 3 aromatic rings. The van der Waals surface area contributed by atoms with Gasteiger partial charge in [0.15, 0.2) is 11.5 Å². The summed E-state index contributed by atoms with van der Waals surface area (Å²) in [7, 11) is 0. The molecule has 0 aliphatic carbocycles. The second kappa shape index (κ2) is 8.92. The number of rotatable bonds is 4. The van der Waals surface area contributed by atoms with E-state index in [9.17, 15) is 19.5 Å². The highest BCUT2D eigenvalue weighted by Crippen LogP contribution is 2.43. The van der Waals surface area contributed by atoms with Crippen molar-refractivity contribution in [2.45, 2.75) is 13.0 Å². The molecule has 9 heteroatoms. The number of aliphatic hydroxyl groups excluding tert-OH is 1. The number of aliphatic hydroxyl groups is 1. The lowest BCUT2D eigenvalue weighted by Crippen LogP contribution is -2.29. The van der Waals surface area contributed by atoms with Crippen molar-refractivity contribution in [3.8, 4) is 23.3 Å². The highest BCUT2D eigenvalue weighted by atomic mass is 16.7. The summed E-state index contributed by atoms with van der Waals surface area (Å²) in [6, 6.07) is 18.2. The van der Waals surface area contributed by atoms with Gasteiger partial charge in [0.25, 0.3) is 11.7 Å². The molecule has 1 unspecified atom stereocenters. The number of anilines is 1. The fourth-order valence-corrected chi connectivity index (χ4v) is 4.19. The van der Waals surface area contributed by atoms with Gasteiger partial charge in [-0.15, -0.1) is 0 Å². The molecule has 1 atom stereocenters. The van der Waals surface area contributed by atoms with Gasteiger partial charge < -0.3 is 19.3 Å². The molecule has 1 fully saturated rings. The largest absolute Gasteiger partial charge is 0.507 e. The smallest absolute Gasteiger partial charge is 0.308 e. The first kappa shape index (κ1) is 22.7. The Morgan fingerprint density at radius 3 is 2.39 bits per heavy atom. The second-order valence-corrected chi connectivity index (χ2v) is 8.06. The number of benzene rings is 3. The lowest BCUT2D eigenvalue weighted by molar-refractivity contribution is -0.132. The molecule has 1 saturated heterocycles. The summed E-state index contributed by atoms with van der Waals surface area (Å²) in [5.41, 5.74) is 1.41. The van der Waals surface area contributed by atoms with Crippen LogP contribution in [-0.2, 0) is 14.4 Å². The second-order valence-electron chi connectivity index (χ2n) is 8.06. The third-order valence-electron chi connectivity index (χ3n) is 5.82. The molecule has 0 spiro atoms. The molecule has 2 heterocycles. The number of amides is 1. The van der Waals surface area contributed by atoms with Gasteiger partial charge in [-0.3, -0.25) is 19.3 Å². The summed E-state index contributed by atoms with van der Waals surface area (Å²) in [5.74, 6) is -1.38. The van der Waals surface area contributed by atoms with Gasteiger partial charge in [-0.25, -0.2) is 0 Å². The summed E-state index contributed by atoms with van der Waals surface area (Å²) < 4.78 is 15.8. The van der Waals surface area contributed by atoms with E-state index in [1.165, 1.54) is 42.2 Å². The minimum atomic E-state index is -0.991. The quantitative estimate of drug-likeness (QED) is 0.195. The van der Waals surface area contributed by atoms with Gasteiger partial charge in [0, 0.05) is 18.2 Å². The molecule has 36 heavy (non-hydrogen) atoms. The number of ketones is 1. The number of carbonyl (C=O) groups excluding carboxylic acids is 3. The first-order chi connectivity index (χ1) is 17.4. The van der Waals surface area contributed by atoms with Crippen LogP contribution in [0.25, 0.3) is 5.76 Å². The van der Waals surface area contributed by atoms with Crippen molar-refractivity contribution in [2.75, 3.05) is 11.7 Å². The number of Topliss-reactive ketones (excluding diaryl/α,β-unsaturated/α-hetero) is 1. The van der Waals surface area contributed by atoms with E-state index < -0.39 is 23.7 Å². The number of hydrogen-bond acceptors (Lipinski definition) is 8. The zero-order valence-corrected chi connectivity index (χ0v) is 18.9. The summed E-state index contributed by atoms with van der Waals surface area (Å²) in [4.78, 5) is 39.1. The van der Waals surface area contributed by atoms with Crippen LogP contribution in [0, 0.1) is 11.3 Å². The van der Waals surface area contributed by atoms with Crippen molar-refractivity contribution in [1.29, 1.82) is 5.26 Å². The number of fused-ring (bicyclic) bond motifs is 1. The van der Waals surface area contributed by atoms with E-state index in [1.54, 1.807) is 36.4 Å². The van der Waals surface area contributed by atoms with E-state index in [-0.39, 0.29) is 29.4 Å². The van der Waals surface area contributed by atoms with Crippen LogP contribution in [0.2, 0.25) is 0 Å². The zero-order valence-electron chi connectivity index (χ0n) is 18.9. The topological polar surface area (TPSA) is 126 Å². The Balaban J connectivity index is 1.66.